The van der Waals surface area contributed by atoms with Gasteiger partial charge in [0.15, 0.2) is 0 Å². The minimum absolute atomic E-state index is 0.312. The number of para-hydroxylation sites is 1. The van der Waals surface area contributed by atoms with Crippen molar-refractivity contribution in [2.75, 3.05) is 12.4 Å². The smallest absolute Gasteiger partial charge is 0.339 e. The highest BCUT2D eigenvalue weighted by molar-refractivity contribution is 5.96. The van der Waals surface area contributed by atoms with E-state index in [9.17, 15) is 4.79 Å². The molecule has 3 heteroatoms. The molecule has 0 saturated heterocycles. The molecule has 0 bridgehead atoms. The third kappa shape index (κ3) is 5.08. The number of benzene rings is 1. The van der Waals surface area contributed by atoms with Gasteiger partial charge in [-0.3, -0.25) is 0 Å². The number of rotatable bonds is 8. The SMILES string of the molecule is CCCCCCC=CNc1c(C)cccc1C(=O)OC. The number of carbonyl (C=O) groups excluding carboxylic acids is 1. The van der Waals surface area contributed by atoms with Crippen molar-refractivity contribution in [2.45, 2.75) is 46.0 Å². The zero-order valence-electron chi connectivity index (χ0n) is 12.7. The largest absolute Gasteiger partial charge is 0.465 e. The van der Waals surface area contributed by atoms with Gasteiger partial charge in [0, 0.05) is 0 Å². The van der Waals surface area contributed by atoms with Gasteiger partial charge in [0.25, 0.3) is 0 Å². The van der Waals surface area contributed by atoms with E-state index in [0.717, 1.165) is 17.7 Å². The maximum atomic E-state index is 11.7. The predicted octanol–water partition coefficient (Wildman–Crippen LogP) is 4.68. The van der Waals surface area contributed by atoms with E-state index in [-0.39, 0.29) is 5.97 Å². The standard InChI is InChI=1S/C17H25NO2/c1-4-5-6-7-8-9-13-18-16-14(2)11-10-12-15(16)17(19)20-3/h9-13,18H,4-8H2,1-3H3. The summed E-state index contributed by atoms with van der Waals surface area (Å²) in [6, 6.07) is 5.61. The Bertz CT molecular complexity index is 452. The number of carbonyl (C=O) groups is 1. The molecule has 1 rings (SSSR count). The normalized spacial score (nSPS) is 10.8. The van der Waals surface area contributed by atoms with Crippen molar-refractivity contribution in [3.8, 4) is 0 Å². The van der Waals surface area contributed by atoms with Crippen molar-refractivity contribution >= 4 is 11.7 Å². The fourth-order valence-electron chi connectivity index (χ4n) is 2.05. The first-order chi connectivity index (χ1) is 9.70. The van der Waals surface area contributed by atoms with Crippen LogP contribution >= 0.6 is 0 Å². The van der Waals surface area contributed by atoms with Crippen molar-refractivity contribution in [1.29, 1.82) is 0 Å². The van der Waals surface area contributed by atoms with Gasteiger partial charge in [-0.1, -0.05) is 44.4 Å². The van der Waals surface area contributed by atoms with Crippen molar-refractivity contribution in [2.24, 2.45) is 0 Å². The summed E-state index contributed by atoms with van der Waals surface area (Å²) in [5, 5.41) is 3.21. The minimum atomic E-state index is -0.312. The van der Waals surface area contributed by atoms with Gasteiger partial charge < -0.3 is 10.1 Å². The molecule has 0 amide bonds. The number of anilines is 1. The maximum absolute atomic E-state index is 11.7. The zero-order valence-corrected chi connectivity index (χ0v) is 12.7. The average molecular weight is 275 g/mol. The summed E-state index contributed by atoms with van der Waals surface area (Å²) < 4.78 is 4.80. The van der Waals surface area contributed by atoms with E-state index in [0.29, 0.717) is 5.56 Å². The monoisotopic (exact) mass is 275 g/mol. The second kappa shape index (κ2) is 9.18. The van der Waals surface area contributed by atoms with Gasteiger partial charge in [-0.25, -0.2) is 4.79 Å². The van der Waals surface area contributed by atoms with Crippen LogP contribution in [0.4, 0.5) is 5.69 Å². The highest BCUT2D eigenvalue weighted by Crippen LogP contribution is 2.21. The number of methoxy groups -OCH3 is 1. The second-order valence-electron chi connectivity index (χ2n) is 4.89. The molecule has 1 aromatic carbocycles. The second-order valence-corrected chi connectivity index (χ2v) is 4.89. The van der Waals surface area contributed by atoms with Gasteiger partial charge in [0.1, 0.15) is 0 Å². The molecule has 0 aliphatic rings. The third-order valence-corrected chi connectivity index (χ3v) is 3.25. The third-order valence-electron chi connectivity index (χ3n) is 3.25. The highest BCUT2D eigenvalue weighted by atomic mass is 16.5. The number of ether oxygens (including phenoxy) is 1. The number of hydrogen-bond acceptors (Lipinski definition) is 3. The minimum Gasteiger partial charge on any atom is -0.465 e. The van der Waals surface area contributed by atoms with Crippen molar-refractivity contribution in [3.05, 3.63) is 41.6 Å². The molecule has 0 aromatic heterocycles. The van der Waals surface area contributed by atoms with Crippen LogP contribution in [0.3, 0.4) is 0 Å². The lowest BCUT2D eigenvalue weighted by molar-refractivity contribution is 0.0602. The van der Waals surface area contributed by atoms with Crippen LogP contribution in [0, 0.1) is 6.92 Å². The summed E-state index contributed by atoms with van der Waals surface area (Å²) in [7, 11) is 1.40. The summed E-state index contributed by atoms with van der Waals surface area (Å²) in [5.41, 5.74) is 2.43. The molecule has 0 heterocycles. The molecule has 0 radical (unpaired) electrons. The first-order valence-electron chi connectivity index (χ1n) is 7.30. The molecule has 1 aromatic rings. The summed E-state index contributed by atoms with van der Waals surface area (Å²) in [6.45, 7) is 4.19. The van der Waals surface area contributed by atoms with E-state index in [2.05, 4.69) is 18.3 Å². The van der Waals surface area contributed by atoms with Gasteiger partial charge in [-0.2, -0.15) is 0 Å². The molecule has 0 unspecified atom stereocenters. The van der Waals surface area contributed by atoms with E-state index in [1.54, 1.807) is 6.07 Å². The number of hydrogen-bond donors (Lipinski definition) is 1. The fourth-order valence-corrected chi connectivity index (χ4v) is 2.05. The number of allylic oxidation sites excluding steroid dienone is 1. The van der Waals surface area contributed by atoms with Crippen LogP contribution in [0.1, 0.15) is 54.9 Å². The van der Waals surface area contributed by atoms with E-state index in [1.165, 1.54) is 32.8 Å². The molecular weight excluding hydrogens is 250 g/mol. The zero-order chi connectivity index (χ0) is 14.8. The predicted molar refractivity (Wildman–Crippen MR) is 84.0 cm³/mol. The Morgan fingerprint density at radius 2 is 2.10 bits per heavy atom. The lowest BCUT2D eigenvalue weighted by atomic mass is 10.1. The summed E-state index contributed by atoms with van der Waals surface area (Å²) in [5.74, 6) is -0.312. The van der Waals surface area contributed by atoms with Crippen LogP contribution in [0.15, 0.2) is 30.5 Å². The first-order valence-corrected chi connectivity index (χ1v) is 7.30. The van der Waals surface area contributed by atoms with Gasteiger partial charge in [0.2, 0.25) is 0 Å². The molecule has 0 aliphatic carbocycles. The Balaban J connectivity index is 2.58. The van der Waals surface area contributed by atoms with E-state index in [4.69, 9.17) is 4.74 Å². The van der Waals surface area contributed by atoms with Crippen LogP contribution in [0.5, 0.6) is 0 Å². The lowest BCUT2D eigenvalue weighted by Gasteiger charge is -2.10. The van der Waals surface area contributed by atoms with Crippen LogP contribution < -0.4 is 5.32 Å². The Hall–Kier alpha value is -1.77. The number of unbranched alkanes of at least 4 members (excludes halogenated alkanes) is 4. The summed E-state index contributed by atoms with van der Waals surface area (Å²) in [6.07, 6.45) is 10.1. The molecule has 1 N–H and O–H groups in total. The summed E-state index contributed by atoms with van der Waals surface area (Å²) in [4.78, 5) is 11.7. The van der Waals surface area contributed by atoms with Crippen LogP contribution in [-0.2, 0) is 4.74 Å². The van der Waals surface area contributed by atoms with Crippen LogP contribution in [-0.4, -0.2) is 13.1 Å². The van der Waals surface area contributed by atoms with E-state index < -0.39 is 0 Å². The molecule has 0 saturated carbocycles. The van der Waals surface area contributed by atoms with Gasteiger partial charge in [0.05, 0.1) is 18.4 Å². The molecule has 0 atom stereocenters. The molecule has 20 heavy (non-hydrogen) atoms. The maximum Gasteiger partial charge on any atom is 0.339 e. The highest BCUT2D eigenvalue weighted by Gasteiger charge is 2.12. The number of aryl methyl sites for hydroxylation is 1. The van der Waals surface area contributed by atoms with Crippen molar-refractivity contribution in [3.63, 3.8) is 0 Å². The van der Waals surface area contributed by atoms with E-state index in [1.807, 2.05) is 25.3 Å². The quantitative estimate of drug-likeness (QED) is 0.553. The summed E-state index contributed by atoms with van der Waals surface area (Å²) >= 11 is 0. The molecule has 110 valence electrons. The lowest BCUT2D eigenvalue weighted by Crippen LogP contribution is -2.06. The van der Waals surface area contributed by atoms with Crippen molar-refractivity contribution in [1.82, 2.24) is 0 Å². The Labute approximate surface area is 122 Å². The fraction of sp³-hybridized carbons (Fsp3) is 0.471. The first kappa shape index (κ1) is 16.3. The van der Waals surface area contributed by atoms with Gasteiger partial charge >= 0.3 is 5.97 Å². The number of esters is 1. The Kier molecular flexibility index (Phi) is 7.48. The van der Waals surface area contributed by atoms with Gasteiger partial charge in [-0.15, -0.1) is 0 Å². The van der Waals surface area contributed by atoms with Crippen molar-refractivity contribution < 1.29 is 9.53 Å². The Morgan fingerprint density at radius 1 is 1.30 bits per heavy atom. The topological polar surface area (TPSA) is 38.3 Å². The van der Waals surface area contributed by atoms with E-state index >= 15 is 0 Å². The molecule has 0 spiro atoms. The molecule has 3 nitrogen and oxygen atoms in total. The van der Waals surface area contributed by atoms with Crippen LogP contribution in [0.2, 0.25) is 0 Å². The van der Waals surface area contributed by atoms with Gasteiger partial charge in [-0.05, 0) is 37.6 Å². The molecule has 0 aliphatic heterocycles. The molecular formula is C17H25NO2. The molecule has 0 fully saturated rings. The van der Waals surface area contributed by atoms with Crippen LogP contribution in [0.25, 0.3) is 0 Å². The Morgan fingerprint density at radius 3 is 2.80 bits per heavy atom. The average Bonchev–Trinajstić information content (AvgIpc) is 2.46. The number of nitrogens with one attached hydrogen (secondary N) is 1.